The summed E-state index contributed by atoms with van der Waals surface area (Å²) in [4.78, 5) is 23.5. The normalized spacial score (nSPS) is 15.2. The predicted molar refractivity (Wildman–Crippen MR) is 31.6 cm³/mol. The third kappa shape index (κ3) is 2.96. The van der Waals surface area contributed by atoms with Crippen molar-refractivity contribution in [2.75, 3.05) is 0 Å². The molecule has 1 unspecified atom stereocenters. The van der Waals surface area contributed by atoms with Crippen LogP contribution in [0.1, 0.15) is 13.3 Å². The van der Waals surface area contributed by atoms with Gasteiger partial charge in [-0.05, 0) is 6.92 Å². The Morgan fingerprint density at radius 2 is 2.00 bits per heavy atom. The number of aliphatic hydroxyl groups is 1. The summed E-state index contributed by atoms with van der Waals surface area (Å²) < 4.78 is 0. The van der Waals surface area contributed by atoms with Gasteiger partial charge in [-0.25, -0.2) is 4.79 Å². The average Bonchev–Trinajstić information content (AvgIpc) is 1.83. The lowest BCUT2D eigenvalue weighted by molar-refractivity contribution is -0.251. The van der Waals surface area contributed by atoms with Crippen LogP contribution in [0.4, 0.5) is 0 Å². The van der Waals surface area contributed by atoms with Gasteiger partial charge in [-0.15, -0.1) is 0 Å². The zero-order chi connectivity index (χ0) is 9.07. The molecule has 3 N–H and O–H groups in total. The smallest absolute Gasteiger partial charge is 0.373 e. The van der Waals surface area contributed by atoms with E-state index in [1.165, 1.54) is 0 Å². The highest BCUT2D eigenvalue weighted by molar-refractivity contribution is 5.84. The molecule has 0 fully saturated rings. The summed E-state index contributed by atoms with van der Waals surface area (Å²) in [5.74, 6) is -2.75. The Morgan fingerprint density at radius 3 is 2.27 bits per heavy atom. The van der Waals surface area contributed by atoms with E-state index in [4.69, 9.17) is 15.5 Å². The molecule has 0 bridgehead atoms. The molecule has 0 radical (unpaired) electrons. The van der Waals surface area contributed by atoms with Crippen LogP contribution in [-0.2, 0) is 14.5 Å². The molecule has 0 rings (SSSR count). The quantitative estimate of drug-likeness (QED) is 0.373. The monoisotopic (exact) mass is 164 g/mol. The molecule has 11 heavy (non-hydrogen) atoms. The molecule has 0 aliphatic heterocycles. The first-order valence-corrected chi connectivity index (χ1v) is 2.70. The second kappa shape index (κ2) is 3.31. The molecule has 0 spiro atoms. The molecule has 6 heteroatoms. The molecule has 64 valence electrons. The Balaban J connectivity index is 4.21. The number of carboxylic acid groups (broad SMARTS) is 1. The van der Waals surface area contributed by atoms with Crippen LogP contribution >= 0.6 is 0 Å². The van der Waals surface area contributed by atoms with Crippen molar-refractivity contribution in [3.05, 3.63) is 0 Å². The van der Waals surface area contributed by atoms with Gasteiger partial charge in [0.2, 0.25) is 0 Å². The zero-order valence-electron chi connectivity index (χ0n) is 5.77. The summed E-state index contributed by atoms with van der Waals surface area (Å²) in [6.07, 6.45) is -0.813. The number of carboxylic acids is 1. The highest BCUT2D eigenvalue weighted by Gasteiger charge is 2.35. The van der Waals surface area contributed by atoms with Crippen molar-refractivity contribution in [1.29, 1.82) is 0 Å². The van der Waals surface area contributed by atoms with Gasteiger partial charge in [0.1, 0.15) is 0 Å². The van der Waals surface area contributed by atoms with E-state index in [9.17, 15) is 9.59 Å². The minimum Gasteiger partial charge on any atom is -0.481 e. The lowest BCUT2D eigenvalue weighted by atomic mass is 10.0. The first-order valence-electron chi connectivity index (χ1n) is 2.70. The van der Waals surface area contributed by atoms with Crippen molar-refractivity contribution in [1.82, 2.24) is 0 Å². The molecule has 0 aromatic rings. The topological polar surface area (TPSA) is 104 Å². The zero-order valence-corrected chi connectivity index (χ0v) is 5.77. The molecule has 1 atom stereocenters. The number of rotatable bonds is 3. The van der Waals surface area contributed by atoms with E-state index in [-0.39, 0.29) is 0 Å². The maximum atomic E-state index is 10.4. The third-order valence-corrected chi connectivity index (χ3v) is 1.02. The van der Waals surface area contributed by atoms with Crippen LogP contribution < -0.4 is 0 Å². The summed E-state index contributed by atoms with van der Waals surface area (Å²) in [7, 11) is 0. The fourth-order valence-electron chi connectivity index (χ4n) is 0.465. The van der Waals surface area contributed by atoms with E-state index in [1.807, 2.05) is 0 Å². The van der Waals surface area contributed by atoms with E-state index in [0.717, 1.165) is 6.92 Å². The predicted octanol–water partition coefficient (Wildman–Crippen LogP) is -0.772. The standard InChI is InChI=1S/C5H8O6/c1-5(9,2-3(6)7)4(8)11-10/h9-10H,2H2,1H3,(H,6,7). The highest BCUT2D eigenvalue weighted by atomic mass is 17.1. The Morgan fingerprint density at radius 1 is 1.55 bits per heavy atom. The van der Waals surface area contributed by atoms with Crippen LogP contribution in [0.15, 0.2) is 0 Å². The molecule has 0 aliphatic carbocycles. The molecule has 0 heterocycles. The third-order valence-electron chi connectivity index (χ3n) is 1.02. The molecule has 0 aromatic carbocycles. The Kier molecular flexibility index (Phi) is 2.97. The van der Waals surface area contributed by atoms with Gasteiger partial charge in [-0.2, -0.15) is 5.26 Å². The Labute approximate surface area is 61.9 Å². The van der Waals surface area contributed by atoms with Gasteiger partial charge < -0.3 is 10.2 Å². The number of hydrogen-bond donors (Lipinski definition) is 3. The minimum atomic E-state index is -2.18. The molecular weight excluding hydrogens is 156 g/mol. The number of hydrogen-bond acceptors (Lipinski definition) is 5. The first kappa shape index (κ1) is 9.86. The van der Waals surface area contributed by atoms with Gasteiger partial charge in [0.25, 0.3) is 0 Å². The maximum Gasteiger partial charge on any atom is 0.373 e. The highest BCUT2D eigenvalue weighted by Crippen LogP contribution is 2.10. The molecule has 0 saturated heterocycles. The van der Waals surface area contributed by atoms with Crippen molar-refractivity contribution in [2.24, 2.45) is 0 Å². The van der Waals surface area contributed by atoms with Gasteiger partial charge in [0.15, 0.2) is 5.60 Å². The fraction of sp³-hybridized carbons (Fsp3) is 0.600. The van der Waals surface area contributed by atoms with Crippen molar-refractivity contribution >= 4 is 11.9 Å². The van der Waals surface area contributed by atoms with Crippen LogP contribution in [-0.4, -0.2) is 33.0 Å². The van der Waals surface area contributed by atoms with Gasteiger partial charge in [-0.3, -0.25) is 9.68 Å². The van der Waals surface area contributed by atoms with E-state index >= 15 is 0 Å². The van der Waals surface area contributed by atoms with Crippen LogP contribution in [0, 0.1) is 0 Å². The molecule has 0 amide bonds. The average molecular weight is 164 g/mol. The van der Waals surface area contributed by atoms with Crippen LogP contribution in [0.3, 0.4) is 0 Å². The minimum absolute atomic E-state index is 0.813. The van der Waals surface area contributed by atoms with E-state index < -0.39 is 24.0 Å². The maximum absolute atomic E-state index is 10.4. The summed E-state index contributed by atoms with van der Waals surface area (Å²) in [6, 6.07) is 0. The van der Waals surface area contributed by atoms with E-state index in [0.29, 0.717) is 0 Å². The van der Waals surface area contributed by atoms with Crippen LogP contribution in [0.5, 0.6) is 0 Å². The van der Waals surface area contributed by atoms with E-state index in [1.54, 1.807) is 0 Å². The Hall–Kier alpha value is -1.14. The number of carbonyl (C=O) groups excluding carboxylic acids is 1. The summed E-state index contributed by atoms with van der Waals surface area (Å²) in [5, 5.41) is 24.9. The second-order valence-electron chi connectivity index (χ2n) is 2.22. The molecule has 6 nitrogen and oxygen atoms in total. The number of carbonyl (C=O) groups is 2. The van der Waals surface area contributed by atoms with Crippen LogP contribution in [0.2, 0.25) is 0 Å². The molecule has 0 saturated carbocycles. The van der Waals surface area contributed by atoms with Crippen molar-refractivity contribution in [3.63, 3.8) is 0 Å². The van der Waals surface area contributed by atoms with Gasteiger partial charge in [0.05, 0.1) is 6.42 Å². The largest absolute Gasteiger partial charge is 0.481 e. The summed E-state index contributed by atoms with van der Waals surface area (Å²) in [5.41, 5.74) is -2.18. The van der Waals surface area contributed by atoms with E-state index in [2.05, 4.69) is 4.89 Å². The lowest BCUT2D eigenvalue weighted by Crippen LogP contribution is -2.38. The Bertz CT molecular complexity index is 172. The van der Waals surface area contributed by atoms with Crippen molar-refractivity contribution in [2.45, 2.75) is 18.9 Å². The van der Waals surface area contributed by atoms with Crippen molar-refractivity contribution < 1.29 is 29.9 Å². The molecule has 0 aromatic heterocycles. The summed E-state index contributed by atoms with van der Waals surface area (Å²) in [6.45, 7) is 0.930. The lowest BCUT2D eigenvalue weighted by Gasteiger charge is -2.15. The van der Waals surface area contributed by atoms with Gasteiger partial charge in [0, 0.05) is 0 Å². The number of aliphatic carboxylic acids is 1. The fourth-order valence-corrected chi connectivity index (χ4v) is 0.465. The van der Waals surface area contributed by atoms with Crippen LogP contribution in [0.25, 0.3) is 0 Å². The summed E-state index contributed by atoms with van der Waals surface area (Å²) >= 11 is 0. The second-order valence-corrected chi connectivity index (χ2v) is 2.22. The molecular formula is C5H8O6. The van der Waals surface area contributed by atoms with Crippen molar-refractivity contribution in [3.8, 4) is 0 Å². The molecule has 0 aliphatic rings. The van der Waals surface area contributed by atoms with Gasteiger partial charge >= 0.3 is 11.9 Å². The van der Waals surface area contributed by atoms with Gasteiger partial charge in [-0.1, -0.05) is 0 Å². The SMILES string of the molecule is CC(O)(CC(=O)O)C(=O)OO. The first-order chi connectivity index (χ1) is 4.90.